The Labute approximate surface area is 128 Å². The third-order valence-corrected chi connectivity index (χ3v) is 5.63. The summed E-state index contributed by atoms with van der Waals surface area (Å²) in [6.07, 6.45) is 6.04. The van der Waals surface area contributed by atoms with Gasteiger partial charge in [-0.3, -0.25) is 4.79 Å². The van der Waals surface area contributed by atoms with Crippen LogP contribution in [-0.2, 0) is 14.8 Å². The molecule has 0 radical (unpaired) electrons. The molecule has 21 heavy (non-hydrogen) atoms. The molecule has 7 heteroatoms. The fourth-order valence-electron chi connectivity index (χ4n) is 2.99. The minimum absolute atomic E-state index is 0.0286. The lowest BCUT2D eigenvalue weighted by Crippen LogP contribution is -2.40. The van der Waals surface area contributed by atoms with Crippen molar-refractivity contribution in [1.29, 1.82) is 0 Å². The Balaban J connectivity index is 2.33. The van der Waals surface area contributed by atoms with Crippen molar-refractivity contribution in [2.24, 2.45) is 17.6 Å². The van der Waals surface area contributed by atoms with Crippen molar-refractivity contribution in [3.63, 3.8) is 0 Å². The van der Waals surface area contributed by atoms with E-state index in [1.807, 2.05) is 6.92 Å². The van der Waals surface area contributed by atoms with Gasteiger partial charge >= 0.3 is 0 Å². The van der Waals surface area contributed by atoms with E-state index >= 15 is 0 Å². The highest BCUT2D eigenvalue weighted by atomic mass is 32.2. The molecule has 0 aromatic heterocycles. The fraction of sp³-hybridized carbons (Fsp3) is 0.929. The van der Waals surface area contributed by atoms with Gasteiger partial charge in [0.1, 0.15) is 0 Å². The van der Waals surface area contributed by atoms with Gasteiger partial charge in [0.25, 0.3) is 0 Å². The Bertz CT molecular complexity index is 425. The molecule has 1 amide bonds. The van der Waals surface area contributed by atoms with E-state index in [-0.39, 0.29) is 11.8 Å². The predicted octanol–water partition coefficient (Wildman–Crippen LogP) is 0.539. The summed E-state index contributed by atoms with van der Waals surface area (Å²) in [6, 6.07) is 0. The first-order chi connectivity index (χ1) is 9.90. The van der Waals surface area contributed by atoms with E-state index in [1.54, 1.807) is 0 Å². The van der Waals surface area contributed by atoms with E-state index in [9.17, 15) is 13.2 Å². The zero-order valence-electron chi connectivity index (χ0n) is 13.2. The van der Waals surface area contributed by atoms with Crippen LogP contribution in [0.2, 0.25) is 0 Å². The van der Waals surface area contributed by atoms with E-state index in [0.29, 0.717) is 38.5 Å². The van der Waals surface area contributed by atoms with Gasteiger partial charge < -0.3 is 11.1 Å². The minimum Gasteiger partial charge on any atom is -0.356 e. The molecule has 0 heterocycles. The molecule has 0 aromatic carbocycles. The monoisotopic (exact) mass is 319 g/mol. The van der Waals surface area contributed by atoms with Crippen LogP contribution in [0.25, 0.3) is 0 Å². The first kappa shape index (κ1) is 18.4. The Hall–Kier alpha value is -0.660. The van der Waals surface area contributed by atoms with Crippen LogP contribution in [0.5, 0.6) is 0 Å². The van der Waals surface area contributed by atoms with Crippen molar-refractivity contribution in [3.05, 3.63) is 0 Å². The highest BCUT2D eigenvalue weighted by Crippen LogP contribution is 2.29. The number of amides is 1. The first-order valence-electron chi connectivity index (χ1n) is 7.83. The summed E-state index contributed by atoms with van der Waals surface area (Å²) in [5.74, 6) is 0.399. The molecule has 0 bridgehead atoms. The highest BCUT2D eigenvalue weighted by molar-refractivity contribution is 7.88. The number of carbonyl (C=O) groups is 1. The van der Waals surface area contributed by atoms with Crippen LogP contribution in [0.4, 0.5) is 0 Å². The molecule has 1 saturated carbocycles. The number of nitrogens with two attached hydrogens (primary N) is 1. The Morgan fingerprint density at radius 1 is 1.33 bits per heavy atom. The second-order valence-electron chi connectivity index (χ2n) is 5.79. The van der Waals surface area contributed by atoms with Crippen LogP contribution < -0.4 is 11.1 Å². The SMILES string of the molecule is CCN(CCCNC(=O)C1CCCCC1CN)S(C)(=O)=O. The largest absolute Gasteiger partial charge is 0.356 e. The van der Waals surface area contributed by atoms with E-state index in [2.05, 4.69) is 5.32 Å². The number of nitrogens with one attached hydrogen (secondary N) is 1. The predicted molar refractivity (Wildman–Crippen MR) is 84.2 cm³/mol. The third kappa shape index (κ3) is 5.92. The Morgan fingerprint density at radius 2 is 2.00 bits per heavy atom. The smallest absolute Gasteiger partial charge is 0.223 e. The molecule has 1 fully saturated rings. The maximum atomic E-state index is 12.2. The minimum atomic E-state index is -3.14. The van der Waals surface area contributed by atoms with E-state index < -0.39 is 10.0 Å². The molecule has 0 aromatic rings. The van der Waals surface area contributed by atoms with Crippen molar-refractivity contribution < 1.29 is 13.2 Å². The van der Waals surface area contributed by atoms with Crippen LogP contribution in [-0.4, -0.2) is 51.1 Å². The first-order valence-corrected chi connectivity index (χ1v) is 9.67. The quantitative estimate of drug-likeness (QED) is 0.639. The summed E-state index contributed by atoms with van der Waals surface area (Å²) in [6.45, 7) is 3.80. The molecular weight excluding hydrogens is 290 g/mol. The topological polar surface area (TPSA) is 92.5 Å². The molecule has 2 atom stereocenters. The number of sulfonamides is 1. The summed E-state index contributed by atoms with van der Waals surface area (Å²) in [7, 11) is -3.14. The molecule has 2 unspecified atom stereocenters. The number of hydrogen-bond donors (Lipinski definition) is 2. The lowest BCUT2D eigenvalue weighted by Gasteiger charge is -2.29. The van der Waals surface area contributed by atoms with Crippen LogP contribution in [0.1, 0.15) is 39.0 Å². The molecule has 3 N–H and O–H groups in total. The molecule has 124 valence electrons. The van der Waals surface area contributed by atoms with Crippen molar-refractivity contribution in [1.82, 2.24) is 9.62 Å². The molecule has 1 aliphatic rings. The second kappa shape index (κ2) is 8.70. The maximum Gasteiger partial charge on any atom is 0.223 e. The molecule has 0 saturated heterocycles. The van der Waals surface area contributed by atoms with E-state index in [4.69, 9.17) is 5.73 Å². The van der Waals surface area contributed by atoms with Crippen LogP contribution >= 0.6 is 0 Å². The lowest BCUT2D eigenvalue weighted by atomic mass is 9.79. The molecule has 0 aliphatic heterocycles. The van der Waals surface area contributed by atoms with Gasteiger partial charge in [-0.2, -0.15) is 0 Å². The number of nitrogens with zero attached hydrogens (tertiary/aromatic N) is 1. The number of carbonyl (C=O) groups excluding carboxylic acids is 1. The normalized spacial score (nSPS) is 23.2. The third-order valence-electron chi connectivity index (χ3n) is 4.25. The van der Waals surface area contributed by atoms with Gasteiger partial charge in [-0.1, -0.05) is 19.8 Å². The molecule has 0 spiro atoms. The Morgan fingerprint density at radius 3 is 2.57 bits per heavy atom. The molecule has 6 nitrogen and oxygen atoms in total. The van der Waals surface area contributed by atoms with Gasteiger partial charge in [-0.15, -0.1) is 0 Å². The standard InChI is InChI=1S/C14H29N3O3S/c1-3-17(21(2,19)20)10-6-9-16-14(18)13-8-5-4-7-12(13)11-15/h12-13H,3-11,15H2,1-2H3,(H,16,18). The van der Waals surface area contributed by atoms with Crippen molar-refractivity contribution in [3.8, 4) is 0 Å². The van der Waals surface area contributed by atoms with Crippen molar-refractivity contribution in [2.75, 3.05) is 32.4 Å². The zero-order valence-corrected chi connectivity index (χ0v) is 14.0. The molecule has 1 rings (SSSR count). The van der Waals surface area contributed by atoms with Crippen LogP contribution in [0.15, 0.2) is 0 Å². The average molecular weight is 319 g/mol. The summed E-state index contributed by atoms with van der Waals surface area (Å²) < 4.78 is 24.3. The zero-order chi connectivity index (χ0) is 15.9. The number of rotatable bonds is 8. The number of hydrogen-bond acceptors (Lipinski definition) is 4. The van der Waals surface area contributed by atoms with E-state index in [0.717, 1.165) is 25.7 Å². The summed E-state index contributed by atoms with van der Waals surface area (Å²) in [5.41, 5.74) is 5.74. The van der Waals surface area contributed by atoms with Crippen molar-refractivity contribution >= 4 is 15.9 Å². The van der Waals surface area contributed by atoms with Gasteiger partial charge in [0.15, 0.2) is 0 Å². The second-order valence-corrected chi connectivity index (χ2v) is 7.77. The molecule has 1 aliphatic carbocycles. The Kier molecular flexibility index (Phi) is 7.62. The maximum absolute atomic E-state index is 12.2. The highest BCUT2D eigenvalue weighted by Gasteiger charge is 2.29. The van der Waals surface area contributed by atoms with Gasteiger partial charge in [-0.05, 0) is 31.7 Å². The average Bonchev–Trinajstić information content (AvgIpc) is 2.45. The van der Waals surface area contributed by atoms with Gasteiger partial charge in [0.05, 0.1) is 6.26 Å². The molecular formula is C14H29N3O3S. The van der Waals surface area contributed by atoms with Gasteiger partial charge in [-0.25, -0.2) is 12.7 Å². The summed E-state index contributed by atoms with van der Waals surface area (Å²) >= 11 is 0. The van der Waals surface area contributed by atoms with Crippen molar-refractivity contribution in [2.45, 2.75) is 39.0 Å². The lowest BCUT2D eigenvalue weighted by molar-refractivity contribution is -0.127. The van der Waals surface area contributed by atoms with Crippen LogP contribution in [0.3, 0.4) is 0 Å². The van der Waals surface area contributed by atoms with Gasteiger partial charge in [0.2, 0.25) is 15.9 Å². The van der Waals surface area contributed by atoms with E-state index in [1.165, 1.54) is 10.6 Å². The summed E-state index contributed by atoms with van der Waals surface area (Å²) in [5, 5.41) is 2.93. The summed E-state index contributed by atoms with van der Waals surface area (Å²) in [4.78, 5) is 12.2. The fourth-order valence-corrected chi connectivity index (χ4v) is 3.92. The van der Waals surface area contributed by atoms with Crippen LogP contribution in [0, 0.1) is 11.8 Å². The van der Waals surface area contributed by atoms with Gasteiger partial charge in [0, 0.05) is 25.6 Å².